The van der Waals surface area contributed by atoms with Gasteiger partial charge in [-0.2, -0.15) is 0 Å². The molecule has 5 heteroatoms. The number of nitrogens with zero attached hydrogens (tertiary/aromatic N) is 2. The second kappa shape index (κ2) is 5.45. The van der Waals surface area contributed by atoms with Crippen molar-refractivity contribution in [1.82, 2.24) is 0 Å². The molecule has 0 heterocycles. The quantitative estimate of drug-likeness (QED) is 0.447. The predicted molar refractivity (Wildman–Crippen MR) is 48.1 cm³/mol. The van der Waals surface area contributed by atoms with Crippen LogP contribution in [-0.2, 0) is 9.59 Å². The van der Waals surface area contributed by atoms with Crippen LogP contribution in [0.5, 0.6) is 0 Å². The van der Waals surface area contributed by atoms with Crippen molar-refractivity contribution in [3.05, 3.63) is 30.3 Å². The first-order chi connectivity index (χ1) is 6.38. The van der Waals surface area contributed by atoms with Gasteiger partial charge in [0, 0.05) is 0 Å². The first kappa shape index (κ1) is 9.88. The second-order valence-electron chi connectivity index (χ2n) is 2.01. The Kier molecular flexibility index (Phi) is 4.14. The van der Waals surface area contributed by atoms with E-state index in [4.69, 9.17) is 0 Å². The van der Waals surface area contributed by atoms with Crippen molar-refractivity contribution in [3.8, 4) is 0 Å². The molecule has 0 bridgehead atoms. The van der Waals surface area contributed by atoms with E-state index in [9.17, 15) is 9.59 Å². The van der Waals surface area contributed by atoms with Crippen LogP contribution in [0.2, 0.25) is 0 Å². The van der Waals surface area contributed by atoms with Crippen molar-refractivity contribution in [1.29, 1.82) is 0 Å². The Balaban J connectivity index is 3.01. The van der Waals surface area contributed by atoms with Crippen molar-refractivity contribution < 1.29 is 9.59 Å². The van der Waals surface area contributed by atoms with E-state index < -0.39 is 20.8 Å². The first-order valence-corrected chi connectivity index (χ1v) is 6.95. The minimum absolute atomic E-state index is 0.845. The van der Waals surface area contributed by atoms with Gasteiger partial charge in [0.15, 0.2) is 0 Å². The molecule has 0 aliphatic rings. The summed E-state index contributed by atoms with van der Waals surface area (Å²) in [7, 11) is 0. The van der Waals surface area contributed by atoms with Crippen LogP contribution >= 0.6 is 0 Å². The van der Waals surface area contributed by atoms with Crippen molar-refractivity contribution in [2.24, 2.45) is 6.30 Å². The third-order valence-corrected chi connectivity index (χ3v) is 4.97. The van der Waals surface area contributed by atoms with Gasteiger partial charge in [-0.25, -0.2) is 0 Å². The molecule has 0 radical (unpaired) electrons. The molecule has 64 valence electrons. The summed E-state index contributed by atoms with van der Waals surface area (Å²) in [6.45, 7) is 0. The summed E-state index contributed by atoms with van der Waals surface area (Å²) in [5, 5.41) is 0. The Bertz CT molecular complexity index is 349. The summed E-state index contributed by atoms with van der Waals surface area (Å²) in [5.74, 6) is 0. The zero-order valence-electron chi connectivity index (χ0n) is 6.54. The van der Waals surface area contributed by atoms with Crippen LogP contribution in [-0.4, -0.2) is 32.9 Å². The van der Waals surface area contributed by atoms with Gasteiger partial charge in [-0.3, -0.25) is 0 Å². The van der Waals surface area contributed by atoms with Gasteiger partial charge >= 0.3 is 82.7 Å². The van der Waals surface area contributed by atoms with Crippen LogP contribution in [0, 0.1) is 0 Å². The van der Waals surface area contributed by atoms with Gasteiger partial charge in [0.05, 0.1) is 0 Å². The molecule has 13 heavy (non-hydrogen) atoms. The van der Waals surface area contributed by atoms with E-state index in [0.29, 0.717) is 0 Å². The number of isocyanates is 2. The fourth-order valence-electron chi connectivity index (χ4n) is 0.776. The molecule has 1 rings (SSSR count). The van der Waals surface area contributed by atoms with Crippen LogP contribution in [0.3, 0.4) is 0 Å². The molecule has 0 aromatic heterocycles. The molecule has 0 amide bonds. The number of hydrogen-bond donors (Lipinski definition) is 0. The molecule has 1 aromatic carbocycles. The Hall–Kier alpha value is -1.20. The molecule has 0 N–H and O–H groups in total. The van der Waals surface area contributed by atoms with E-state index in [1.165, 1.54) is 12.2 Å². The van der Waals surface area contributed by atoms with Gasteiger partial charge in [-0.05, 0) is 0 Å². The summed E-state index contributed by atoms with van der Waals surface area (Å²) >= 11 is -2.63. The number of rotatable bonds is 3. The molecule has 0 aliphatic carbocycles. The average Bonchev–Trinajstić information content (AvgIpc) is 2.19. The number of hydrogen-bond acceptors (Lipinski definition) is 4. The Morgan fingerprint density at radius 2 is 1.54 bits per heavy atom. The fourth-order valence-corrected chi connectivity index (χ4v) is 3.26. The van der Waals surface area contributed by atoms with Crippen molar-refractivity contribution in [3.63, 3.8) is 0 Å². The van der Waals surface area contributed by atoms with E-state index in [-0.39, 0.29) is 0 Å². The normalized spacial score (nSPS) is 8.69. The van der Waals surface area contributed by atoms with Gasteiger partial charge in [-0.15, -0.1) is 0 Å². The van der Waals surface area contributed by atoms with Gasteiger partial charge in [-0.1, -0.05) is 0 Å². The van der Waals surface area contributed by atoms with Gasteiger partial charge in [0.2, 0.25) is 0 Å². The summed E-state index contributed by atoms with van der Waals surface area (Å²) in [6.07, 6.45) is 2.87. The third kappa shape index (κ3) is 2.96. The summed E-state index contributed by atoms with van der Waals surface area (Å²) in [5.41, 5.74) is 0. The van der Waals surface area contributed by atoms with Crippen LogP contribution in [0.15, 0.2) is 36.6 Å². The van der Waals surface area contributed by atoms with Gasteiger partial charge < -0.3 is 0 Å². The van der Waals surface area contributed by atoms with Gasteiger partial charge in [0.25, 0.3) is 0 Å². The van der Waals surface area contributed by atoms with E-state index in [1.54, 1.807) is 12.1 Å². The maximum atomic E-state index is 10.0. The fraction of sp³-hybridized carbons (Fsp3) is 0. The molecule has 0 saturated heterocycles. The van der Waals surface area contributed by atoms with E-state index in [0.717, 1.165) is 3.51 Å². The van der Waals surface area contributed by atoms with E-state index in [1.807, 2.05) is 18.2 Å². The zero-order chi connectivity index (χ0) is 9.52. The monoisotopic (exact) mass is 282 g/mol. The topological polar surface area (TPSA) is 58.9 Å². The second-order valence-corrected chi connectivity index (χ2v) is 6.28. The standard InChI is InChI=1S/C6H5.2CNO.Sb/c1-2-4-6-5-3-1;2*2-1-3;/h1-5H;;;/q;2*-1;+2. The summed E-state index contributed by atoms with van der Waals surface area (Å²) in [4.78, 5) is 20.1. The third-order valence-electron chi connectivity index (χ3n) is 1.26. The molecule has 0 atom stereocenters. The zero-order valence-corrected chi connectivity index (χ0v) is 9.10. The first-order valence-electron chi connectivity index (χ1n) is 3.39. The molecule has 0 spiro atoms. The van der Waals surface area contributed by atoms with Crippen LogP contribution < -0.4 is 3.51 Å². The number of carbonyl (C=O) groups excluding carboxylic acids is 2. The predicted octanol–water partition coefficient (Wildman–Crippen LogP) is 0.0534. The molecule has 0 fully saturated rings. The van der Waals surface area contributed by atoms with E-state index >= 15 is 0 Å². The molecule has 0 aliphatic heterocycles. The minimum atomic E-state index is -2.63. The Labute approximate surface area is 82.7 Å². The van der Waals surface area contributed by atoms with Gasteiger partial charge in [0.1, 0.15) is 0 Å². The number of benzene rings is 1. The Morgan fingerprint density at radius 3 is 2.00 bits per heavy atom. The average molecular weight is 283 g/mol. The molecule has 0 unspecified atom stereocenters. The molecule has 4 nitrogen and oxygen atoms in total. The Morgan fingerprint density at radius 1 is 1.00 bits per heavy atom. The van der Waals surface area contributed by atoms with Crippen LogP contribution in [0.1, 0.15) is 0 Å². The van der Waals surface area contributed by atoms with Crippen LogP contribution in [0.4, 0.5) is 0 Å². The van der Waals surface area contributed by atoms with Crippen molar-refractivity contribution in [2.45, 2.75) is 0 Å². The molecular weight excluding hydrogens is 278 g/mol. The molecular formula is C8H5N2O2Sb. The SMILES string of the molecule is O=C=[N][Sb]([N]=C=O)[c]1ccccc1. The van der Waals surface area contributed by atoms with Crippen molar-refractivity contribution >= 4 is 36.4 Å². The molecule has 0 saturated carbocycles. The summed E-state index contributed by atoms with van der Waals surface area (Å²) < 4.78 is 7.91. The van der Waals surface area contributed by atoms with Crippen molar-refractivity contribution in [2.75, 3.05) is 0 Å². The maximum absolute atomic E-state index is 10.0. The molecule has 1 aromatic rings. The van der Waals surface area contributed by atoms with Crippen LogP contribution in [0.25, 0.3) is 0 Å². The summed E-state index contributed by atoms with van der Waals surface area (Å²) in [6, 6.07) is 9.06. The van der Waals surface area contributed by atoms with E-state index in [2.05, 4.69) is 6.30 Å².